The second-order valence-electron chi connectivity index (χ2n) is 4.79. The molecule has 18 heavy (non-hydrogen) atoms. The van der Waals surface area contributed by atoms with Gasteiger partial charge in [0.15, 0.2) is 0 Å². The molecule has 1 fully saturated rings. The van der Waals surface area contributed by atoms with Gasteiger partial charge in [-0.3, -0.25) is 14.7 Å². The summed E-state index contributed by atoms with van der Waals surface area (Å²) in [6, 6.07) is 1.84. The van der Waals surface area contributed by atoms with Crippen molar-refractivity contribution in [2.75, 3.05) is 0 Å². The maximum absolute atomic E-state index is 11.8. The molecule has 1 aliphatic heterocycles. The monoisotopic (exact) mass is 250 g/mol. The third kappa shape index (κ3) is 3.09. The molecule has 2 unspecified atom stereocenters. The molecule has 2 rings (SSSR count). The molecule has 0 aliphatic carbocycles. The summed E-state index contributed by atoms with van der Waals surface area (Å²) in [5, 5.41) is 12.6. The van der Waals surface area contributed by atoms with E-state index in [0.717, 1.165) is 11.4 Å². The number of aromatic amines is 1. The molecule has 1 aromatic heterocycles. The van der Waals surface area contributed by atoms with Crippen LogP contribution in [0.2, 0.25) is 0 Å². The van der Waals surface area contributed by atoms with E-state index in [0.29, 0.717) is 12.8 Å². The van der Waals surface area contributed by atoms with Crippen molar-refractivity contribution in [2.24, 2.45) is 0 Å². The molecule has 1 aliphatic rings. The Hall–Kier alpha value is -1.85. The maximum atomic E-state index is 11.8. The van der Waals surface area contributed by atoms with Crippen molar-refractivity contribution in [3.63, 3.8) is 0 Å². The Bertz CT molecular complexity index is 455. The lowest BCUT2D eigenvalue weighted by Gasteiger charge is -2.30. The van der Waals surface area contributed by atoms with Gasteiger partial charge in [-0.05, 0) is 26.3 Å². The molecule has 6 nitrogen and oxygen atoms in total. The Labute approximate surface area is 106 Å². The predicted molar refractivity (Wildman–Crippen MR) is 65.8 cm³/mol. The van der Waals surface area contributed by atoms with E-state index in [9.17, 15) is 9.59 Å². The van der Waals surface area contributed by atoms with Crippen molar-refractivity contribution < 1.29 is 9.59 Å². The first kappa shape index (κ1) is 12.6. The summed E-state index contributed by atoms with van der Waals surface area (Å²) < 4.78 is 0. The lowest BCUT2D eigenvalue weighted by atomic mass is 9.99. The number of carbonyl (C=O) groups is 2. The Balaban J connectivity index is 1.85. The first-order valence-corrected chi connectivity index (χ1v) is 6.14. The van der Waals surface area contributed by atoms with Crippen LogP contribution in [0.5, 0.6) is 0 Å². The average Bonchev–Trinajstić information content (AvgIpc) is 2.68. The smallest absolute Gasteiger partial charge is 0.226 e. The van der Waals surface area contributed by atoms with Crippen LogP contribution in [0.1, 0.15) is 31.2 Å². The van der Waals surface area contributed by atoms with Crippen LogP contribution in [0.4, 0.5) is 0 Å². The van der Waals surface area contributed by atoms with Crippen molar-refractivity contribution >= 4 is 11.8 Å². The van der Waals surface area contributed by atoms with E-state index in [1.165, 1.54) is 0 Å². The fraction of sp³-hybridized carbons (Fsp3) is 0.583. The maximum Gasteiger partial charge on any atom is 0.226 e. The minimum Gasteiger partial charge on any atom is -0.352 e. The Morgan fingerprint density at radius 3 is 3.00 bits per heavy atom. The Morgan fingerprint density at radius 1 is 1.61 bits per heavy atom. The summed E-state index contributed by atoms with van der Waals surface area (Å²) >= 11 is 0. The van der Waals surface area contributed by atoms with Crippen LogP contribution >= 0.6 is 0 Å². The number of hydrogen-bond acceptors (Lipinski definition) is 3. The molecule has 98 valence electrons. The molecule has 3 N–H and O–H groups in total. The molecule has 6 heteroatoms. The summed E-state index contributed by atoms with van der Waals surface area (Å²) in [7, 11) is 0. The number of hydrogen-bond donors (Lipinski definition) is 3. The molecule has 2 atom stereocenters. The number of aryl methyl sites for hydroxylation is 1. The number of amides is 2. The number of rotatable bonds is 3. The van der Waals surface area contributed by atoms with Crippen LogP contribution < -0.4 is 10.6 Å². The van der Waals surface area contributed by atoms with E-state index in [1.54, 1.807) is 0 Å². The summed E-state index contributed by atoms with van der Waals surface area (Å²) in [4.78, 5) is 23.0. The fourth-order valence-electron chi connectivity index (χ4n) is 2.15. The van der Waals surface area contributed by atoms with Crippen LogP contribution in [0.15, 0.2) is 6.07 Å². The van der Waals surface area contributed by atoms with Gasteiger partial charge in [0.25, 0.3) is 0 Å². The molecule has 1 aromatic rings. The normalized spacial score (nSPS) is 23.6. The van der Waals surface area contributed by atoms with Gasteiger partial charge in [0.2, 0.25) is 11.8 Å². The van der Waals surface area contributed by atoms with Gasteiger partial charge in [-0.15, -0.1) is 0 Å². The van der Waals surface area contributed by atoms with Crippen molar-refractivity contribution in [1.82, 2.24) is 20.8 Å². The quantitative estimate of drug-likeness (QED) is 0.708. The molecule has 2 heterocycles. The molecule has 2 amide bonds. The third-order valence-corrected chi connectivity index (χ3v) is 3.12. The van der Waals surface area contributed by atoms with Crippen molar-refractivity contribution in [3.05, 3.63) is 17.5 Å². The molecule has 0 radical (unpaired) electrons. The molecule has 0 saturated carbocycles. The number of nitrogens with zero attached hydrogens (tertiary/aromatic N) is 1. The van der Waals surface area contributed by atoms with Gasteiger partial charge >= 0.3 is 0 Å². The molecule has 0 aromatic carbocycles. The van der Waals surface area contributed by atoms with Crippen molar-refractivity contribution in [2.45, 2.75) is 45.2 Å². The number of carbonyl (C=O) groups excluding carboxylic acids is 2. The van der Waals surface area contributed by atoms with E-state index >= 15 is 0 Å². The van der Waals surface area contributed by atoms with Gasteiger partial charge in [-0.1, -0.05) is 0 Å². The summed E-state index contributed by atoms with van der Waals surface area (Å²) in [5.74, 6) is -0.00887. The topological polar surface area (TPSA) is 86.9 Å². The highest BCUT2D eigenvalue weighted by Crippen LogP contribution is 2.09. The average molecular weight is 250 g/mol. The molecule has 1 saturated heterocycles. The highest BCUT2D eigenvalue weighted by atomic mass is 16.2. The first-order chi connectivity index (χ1) is 8.54. The molecule has 0 spiro atoms. The third-order valence-electron chi connectivity index (χ3n) is 3.12. The van der Waals surface area contributed by atoms with Crippen molar-refractivity contribution in [1.29, 1.82) is 0 Å². The summed E-state index contributed by atoms with van der Waals surface area (Å²) in [6.45, 7) is 3.80. The minimum atomic E-state index is -0.0606. The number of piperidine rings is 1. The van der Waals surface area contributed by atoms with Gasteiger partial charge in [0.1, 0.15) is 0 Å². The van der Waals surface area contributed by atoms with Gasteiger partial charge < -0.3 is 10.6 Å². The van der Waals surface area contributed by atoms with Gasteiger partial charge in [-0.25, -0.2) is 0 Å². The van der Waals surface area contributed by atoms with E-state index in [4.69, 9.17) is 0 Å². The lowest BCUT2D eigenvalue weighted by Crippen LogP contribution is -2.54. The molecule has 0 bridgehead atoms. The molecular weight excluding hydrogens is 232 g/mol. The number of H-pyrrole nitrogens is 1. The van der Waals surface area contributed by atoms with E-state index < -0.39 is 0 Å². The predicted octanol–water partition coefficient (Wildman–Crippen LogP) is 0.0439. The number of aromatic nitrogens is 2. The number of nitrogens with one attached hydrogen (secondary N) is 3. The highest BCUT2D eigenvalue weighted by molar-refractivity contribution is 5.80. The molecular formula is C12H18N4O2. The van der Waals surface area contributed by atoms with Crippen LogP contribution in [-0.4, -0.2) is 34.1 Å². The van der Waals surface area contributed by atoms with Gasteiger partial charge in [-0.2, -0.15) is 5.10 Å². The van der Waals surface area contributed by atoms with Gasteiger partial charge in [0.05, 0.1) is 12.1 Å². The van der Waals surface area contributed by atoms with Crippen LogP contribution in [0, 0.1) is 6.92 Å². The Kier molecular flexibility index (Phi) is 3.64. The lowest BCUT2D eigenvalue weighted by molar-refractivity contribution is -0.126. The first-order valence-electron chi connectivity index (χ1n) is 6.14. The van der Waals surface area contributed by atoms with E-state index in [1.807, 2.05) is 19.9 Å². The second kappa shape index (κ2) is 5.20. The van der Waals surface area contributed by atoms with Gasteiger partial charge in [0, 0.05) is 24.2 Å². The van der Waals surface area contributed by atoms with Crippen LogP contribution in [-0.2, 0) is 16.0 Å². The zero-order chi connectivity index (χ0) is 13.1. The second-order valence-corrected chi connectivity index (χ2v) is 4.79. The van der Waals surface area contributed by atoms with Crippen LogP contribution in [0.3, 0.4) is 0 Å². The Morgan fingerprint density at radius 2 is 2.39 bits per heavy atom. The standard InChI is InChI=1S/C12H18N4O2/c1-7-5-9(16-15-7)6-12(18)14-10-3-4-11(17)13-8(10)2/h5,8,10H,3-4,6H2,1-2H3,(H,13,17)(H,14,18)(H,15,16). The fourth-order valence-corrected chi connectivity index (χ4v) is 2.15. The zero-order valence-corrected chi connectivity index (χ0v) is 10.6. The van der Waals surface area contributed by atoms with Crippen molar-refractivity contribution in [3.8, 4) is 0 Å². The zero-order valence-electron chi connectivity index (χ0n) is 10.6. The summed E-state index contributed by atoms with van der Waals surface area (Å²) in [6.07, 6.45) is 1.43. The highest BCUT2D eigenvalue weighted by Gasteiger charge is 2.26. The summed E-state index contributed by atoms with van der Waals surface area (Å²) in [5.41, 5.74) is 1.67. The minimum absolute atomic E-state index is 0.00948. The SMILES string of the molecule is Cc1cc(CC(=O)NC2CCC(=O)NC2C)n[nH]1. The van der Waals surface area contributed by atoms with Crippen LogP contribution in [0.25, 0.3) is 0 Å². The largest absolute Gasteiger partial charge is 0.352 e. The van der Waals surface area contributed by atoms with E-state index in [-0.39, 0.29) is 30.3 Å². The van der Waals surface area contributed by atoms with E-state index in [2.05, 4.69) is 20.8 Å².